The van der Waals surface area contributed by atoms with Crippen molar-refractivity contribution in [2.45, 2.75) is 6.92 Å². The van der Waals surface area contributed by atoms with Gasteiger partial charge in [-0.15, -0.1) is 0 Å². The monoisotopic (exact) mass is 315 g/mol. The smallest absolute Gasteiger partial charge is 0.252 e. The van der Waals surface area contributed by atoms with Crippen molar-refractivity contribution in [1.29, 1.82) is 0 Å². The quantitative estimate of drug-likeness (QED) is 0.784. The number of rotatable bonds is 7. The van der Waals surface area contributed by atoms with Crippen LogP contribution in [0.5, 0.6) is 0 Å². The van der Waals surface area contributed by atoms with Gasteiger partial charge in [0.05, 0.1) is 25.4 Å². The van der Waals surface area contributed by atoms with Gasteiger partial charge in [-0.1, -0.05) is 11.6 Å². The maximum Gasteiger partial charge on any atom is 0.252 e. The van der Waals surface area contributed by atoms with Crippen molar-refractivity contribution in [2.75, 3.05) is 33.5 Å². The maximum absolute atomic E-state index is 11.9. The van der Waals surface area contributed by atoms with Gasteiger partial charge in [-0.05, 0) is 35.0 Å². The number of amides is 1. The largest absolute Gasteiger partial charge is 0.382 e. The third-order valence-corrected chi connectivity index (χ3v) is 3.02. The Morgan fingerprint density at radius 3 is 2.83 bits per heavy atom. The molecule has 0 aromatic heterocycles. The molecule has 0 aliphatic carbocycles. The van der Waals surface area contributed by atoms with Crippen LogP contribution in [0, 0.1) is 6.92 Å². The molecule has 0 unspecified atom stereocenters. The Hall–Kier alpha value is -0.910. The fraction of sp³-hybridized carbons (Fsp3) is 0.462. The molecule has 100 valence electrons. The van der Waals surface area contributed by atoms with E-state index in [-0.39, 0.29) is 5.91 Å². The normalized spacial score (nSPS) is 10.4. The van der Waals surface area contributed by atoms with Crippen molar-refractivity contribution in [2.24, 2.45) is 0 Å². The number of hydrogen-bond acceptors (Lipinski definition) is 3. The van der Waals surface area contributed by atoms with Crippen molar-refractivity contribution >= 4 is 21.8 Å². The van der Waals surface area contributed by atoms with Gasteiger partial charge in [-0.25, -0.2) is 0 Å². The van der Waals surface area contributed by atoms with E-state index in [1.807, 2.05) is 25.1 Å². The second kappa shape index (κ2) is 8.24. The molecule has 0 aliphatic rings. The predicted octanol–water partition coefficient (Wildman–Crippen LogP) is 2.15. The van der Waals surface area contributed by atoms with E-state index in [9.17, 15) is 4.79 Å². The Bertz CT molecular complexity index is 396. The van der Waals surface area contributed by atoms with Gasteiger partial charge in [0.25, 0.3) is 5.91 Å². The Balaban J connectivity index is 2.34. The Morgan fingerprint density at radius 2 is 2.11 bits per heavy atom. The summed E-state index contributed by atoms with van der Waals surface area (Å²) >= 11 is 3.37. The summed E-state index contributed by atoms with van der Waals surface area (Å²) in [7, 11) is 1.63. The van der Waals surface area contributed by atoms with E-state index in [2.05, 4.69) is 21.2 Å². The van der Waals surface area contributed by atoms with E-state index in [1.165, 1.54) is 0 Å². The van der Waals surface area contributed by atoms with Gasteiger partial charge < -0.3 is 14.8 Å². The highest BCUT2D eigenvalue weighted by molar-refractivity contribution is 9.10. The second-order valence-corrected chi connectivity index (χ2v) is 4.70. The van der Waals surface area contributed by atoms with Crippen LogP contribution >= 0.6 is 15.9 Å². The first-order valence-corrected chi connectivity index (χ1v) is 6.55. The molecule has 1 rings (SSSR count). The summed E-state index contributed by atoms with van der Waals surface area (Å²) in [5.41, 5.74) is 1.70. The lowest BCUT2D eigenvalue weighted by molar-refractivity contribution is 0.0692. The van der Waals surface area contributed by atoms with Crippen molar-refractivity contribution < 1.29 is 14.3 Å². The molecule has 1 N–H and O–H groups in total. The molecule has 0 heterocycles. The molecule has 0 radical (unpaired) electrons. The molecular weight excluding hydrogens is 298 g/mol. The molecule has 0 saturated carbocycles. The summed E-state index contributed by atoms with van der Waals surface area (Å²) in [6.07, 6.45) is 0. The highest BCUT2D eigenvalue weighted by atomic mass is 79.9. The average Bonchev–Trinajstić information content (AvgIpc) is 2.36. The van der Waals surface area contributed by atoms with Gasteiger partial charge in [0.2, 0.25) is 0 Å². The average molecular weight is 316 g/mol. The zero-order valence-electron chi connectivity index (χ0n) is 10.7. The summed E-state index contributed by atoms with van der Waals surface area (Å²) in [5.74, 6) is -0.0964. The first-order chi connectivity index (χ1) is 8.65. The van der Waals surface area contributed by atoms with Crippen LogP contribution in [0.3, 0.4) is 0 Å². The minimum absolute atomic E-state index is 0.0964. The standard InChI is InChI=1S/C13H18BrNO3/c1-10-3-4-12(14)11(9-10)13(16)15-5-6-18-8-7-17-2/h3-4,9H,5-8H2,1-2H3,(H,15,16). The fourth-order valence-electron chi connectivity index (χ4n) is 1.39. The zero-order valence-corrected chi connectivity index (χ0v) is 12.2. The highest BCUT2D eigenvalue weighted by Crippen LogP contribution is 2.17. The number of carbonyl (C=O) groups is 1. The third kappa shape index (κ3) is 5.16. The van der Waals surface area contributed by atoms with Crippen molar-refractivity contribution in [3.05, 3.63) is 33.8 Å². The second-order valence-electron chi connectivity index (χ2n) is 3.84. The van der Waals surface area contributed by atoms with Crippen molar-refractivity contribution in [3.8, 4) is 0 Å². The highest BCUT2D eigenvalue weighted by Gasteiger charge is 2.09. The van der Waals surface area contributed by atoms with Crippen molar-refractivity contribution in [3.63, 3.8) is 0 Å². The molecule has 1 aromatic rings. The molecule has 1 aromatic carbocycles. The van der Waals surface area contributed by atoms with Gasteiger partial charge in [0, 0.05) is 18.1 Å². The summed E-state index contributed by atoms with van der Waals surface area (Å²) in [4.78, 5) is 11.9. The van der Waals surface area contributed by atoms with Crippen LogP contribution in [0.4, 0.5) is 0 Å². The van der Waals surface area contributed by atoms with Gasteiger partial charge >= 0.3 is 0 Å². The molecule has 0 aliphatic heterocycles. The van der Waals surface area contributed by atoms with Crippen molar-refractivity contribution in [1.82, 2.24) is 5.32 Å². The lowest BCUT2D eigenvalue weighted by atomic mass is 10.1. The molecule has 0 bridgehead atoms. The maximum atomic E-state index is 11.9. The molecule has 0 saturated heterocycles. The van der Waals surface area contributed by atoms with E-state index in [0.717, 1.165) is 10.0 Å². The first-order valence-electron chi connectivity index (χ1n) is 5.76. The minimum atomic E-state index is -0.0964. The van der Waals surface area contributed by atoms with E-state index in [4.69, 9.17) is 9.47 Å². The molecule has 0 spiro atoms. The molecule has 5 heteroatoms. The van der Waals surface area contributed by atoms with Gasteiger partial charge in [0.15, 0.2) is 0 Å². The number of halogens is 1. The van der Waals surface area contributed by atoms with Crippen LogP contribution < -0.4 is 5.32 Å². The van der Waals surface area contributed by atoms with Gasteiger partial charge in [0.1, 0.15) is 0 Å². The van der Waals surface area contributed by atoms with Crippen LogP contribution in [0.1, 0.15) is 15.9 Å². The summed E-state index contributed by atoms with van der Waals surface area (Å²) in [5, 5.41) is 2.81. The van der Waals surface area contributed by atoms with Crippen LogP contribution in [0.25, 0.3) is 0 Å². The van der Waals surface area contributed by atoms with E-state index in [0.29, 0.717) is 31.9 Å². The topological polar surface area (TPSA) is 47.6 Å². The van der Waals surface area contributed by atoms with Crippen LogP contribution in [-0.4, -0.2) is 39.4 Å². The number of benzene rings is 1. The third-order valence-electron chi connectivity index (χ3n) is 2.33. The van der Waals surface area contributed by atoms with Crippen LogP contribution in [-0.2, 0) is 9.47 Å². The summed E-state index contributed by atoms with van der Waals surface area (Å²) in [6.45, 7) is 4.04. The molecule has 1 amide bonds. The SMILES string of the molecule is COCCOCCNC(=O)c1cc(C)ccc1Br. The lowest BCUT2D eigenvalue weighted by Gasteiger charge is -2.08. The number of hydrogen-bond donors (Lipinski definition) is 1. The number of nitrogens with one attached hydrogen (secondary N) is 1. The molecular formula is C13H18BrNO3. The first kappa shape index (κ1) is 15.1. The Morgan fingerprint density at radius 1 is 1.33 bits per heavy atom. The number of ether oxygens (including phenoxy) is 2. The van der Waals surface area contributed by atoms with Crippen LogP contribution in [0.15, 0.2) is 22.7 Å². The number of aryl methyl sites for hydroxylation is 1. The molecule has 4 nitrogen and oxygen atoms in total. The molecule has 18 heavy (non-hydrogen) atoms. The summed E-state index contributed by atoms with van der Waals surface area (Å²) < 4.78 is 10.9. The molecule has 0 fully saturated rings. The zero-order chi connectivity index (χ0) is 13.4. The van der Waals surface area contributed by atoms with E-state index >= 15 is 0 Å². The van der Waals surface area contributed by atoms with Gasteiger partial charge in [-0.2, -0.15) is 0 Å². The Labute approximate surface area is 116 Å². The minimum Gasteiger partial charge on any atom is -0.382 e. The predicted molar refractivity (Wildman–Crippen MR) is 73.9 cm³/mol. The lowest BCUT2D eigenvalue weighted by Crippen LogP contribution is -2.28. The Kier molecular flexibility index (Phi) is 6.93. The number of carbonyl (C=O) groups excluding carboxylic acids is 1. The fourth-order valence-corrected chi connectivity index (χ4v) is 1.82. The van der Waals surface area contributed by atoms with E-state index in [1.54, 1.807) is 7.11 Å². The van der Waals surface area contributed by atoms with E-state index < -0.39 is 0 Å². The number of methoxy groups -OCH3 is 1. The van der Waals surface area contributed by atoms with Gasteiger partial charge in [-0.3, -0.25) is 4.79 Å². The molecule has 0 atom stereocenters. The summed E-state index contributed by atoms with van der Waals surface area (Å²) in [6, 6.07) is 5.68. The van der Waals surface area contributed by atoms with Crippen LogP contribution in [0.2, 0.25) is 0 Å².